The number of ether oxygens (including phenoxy) is 2. The first kappa shape index (κ1) is 31.2. The highest BCUT2D eigenvalue weighted by Gasteiger charge is 2.38. The molecule has 7 nitrogen and oxygen atoms in total. The van der Waals surface area contributed by atoms with Crippen molar-refractivity contribution >= 4 is 15.7 Å². The van der Waals surface area contributed by atoms with E-state index in [1.54, 1.807) is 11.5 Å². The highest BCUT2D eigenvalue weighted by Crippen LogP contribution is 2.35. The van der Waals surface area contributed by atoms with Gasteiger partial charge in [0.2, 0.25) is 5.91 Å². The summed E-state index contributed by atoms with van der Waals surface area (Å²) in [7, 11) is -1.01. The van der Waals surface area contributed by atoms with Crippen LogP contribution in [0.5, 0.6) is 11.5 Å². The monoisotopic (exact) mass is 567 g/mol. The Morgan fingerprint density at radius 1 is 0.750 bits per heavy atom. The Morgan fingerprint density at radius 3 is 1.85 bits per heavy atom. The average molecular weight is 568 g/mol. The summed E-state index contributed by atoms with van der Waals surface area (Å²) in [6.45, 7) is 0. The largest absolute Gasteiger partial charge is 0.493 e. The molecule has 8 heteroatoms. The van der Waals surface area contributed by atoms with E-state index >= 15 is 0 Å². The number of nitrogens with one attached hydrogen (secondary N) is 1. The van der Waals surface area contributed by atoms with Gasteiger partial charge in [-0.3, -0.25) is 10.0 Å². The van der Waals surface area contributed by atoms with Crippen molar-refractivity contribution < 1.29 is 27.9 Å². The molecule has 0 heterocycles. The molecule has 2 N–H and O–H groups in total. The number of carbonyl (C=O) groups excluding carboxylic acids is 1. The van der Waals surface area contributed by atoms with Gasteiger partial charge in [0.15, 0.2) is 21.3 Å². The summed E-state index contributed by atoms with van der Waals surface area (Å²) in [5, 5.41) is 8.58. The first-order valence-corrected chi connectivity index (χ1v) is 15.4. The predicted octanol–water partition coefficient (Wildman–Crippen LogP) is 6.18. The van der Waals surface area contributed by atoms with Gasteiger partial charge in [-0.05, 0) is 61.8 Å². The van der Waals surface area contributed by atoms with Crippen molar-refractivity contribution in [1.29, 1.82) is 0 Å². The normalized spacial score (nSPS) is 12.9. The fraction of sp³-hybridized carbons (Fsp3) is 0.406. The summed E-state index contributed by atoms with van der Waals surface area (Å²) in [5.74, 6) is -0.837. The molecule has 40 heavy (non-hydrogen) atoms. The van der Waals surface area contributed by atoms with Crippen LogP contribution in [0.4, 0.5) is 0 Å². The van der Waals surface area contributed by atoms with Crippen molar-refractivity contribution in [3.8, 4) is 11.5 Å². The fourth-order valence-corrected chi connectivity index (χ4v) is 7.19. The van der Waals surface area contributed by atoms with Crippen LogP contribution >= 0.6 is 0 Å². The van der Waals surface area contributed by atoms with Crippen LogP contribution in [0, 0.1) is 5.92 Å². The van der Waals surface area contributed by atoms with E-state index in [-0.39, 0.29) is 4.90 Å². The molecule has 1 amide bonds. The minimum Gasteiger partial charge on any atom is -0.493 e. The molecule has 0 spiro atoms. The third kappa shape index (κ3) is 8.83. The van der Waals surface area contributed by atoms with Crippen LogP contribution in [0.15, 0.2) is 83.8 Å². The quantitative estimate of drug-likeness (QED) is 0.115. The lowest BCUT2D eigenvalue weighted by Gasteiger charge is -2.26. The summed E-state index contributed by atoms with van der Waals surface area (Å²) in [6, 6.07) is 24.7. The number of sulfone groups is 1. The highest BCUT2D eigenvalue weighted by molar-refractivity contribution is 7.92. The number of unbranched alkanes of at least 4 members (excludes halogenated alkanes) is 3. The minimum atomic E-state index is -3.95. The van der Waals surface area contributed by atoms with Gasteiger partial charge < -0.3 is 9.47 Å². The van der Waals surface area contributed by atoms with Crippen LogP contribution in [0.25, 0.3) is 0 Å². The fourth-order valence-electron chi connectivity index (χ4n) is 5.14. The molecular formula is C32H41NO6S. The molecule has 2 unspecified atom stereocenters. The van der Waals surface area contributed by atoms with Gasteiger partial charge >= 0.3 is 0 Å². The van der Waals surface area contributed by atoms with Crippen LogP contribution in [0.1, 0.15) is 56.1 Å². The number of amides is 1. The number of methoxy groups -OCH3 is 2. The van der Waals surface area contributed by atoms with Gasteiger partial charge in [-0.25, -0.2) is 13.9 Å². The Hall–Kier alpha value is -3.36. The molecule has 2 atom stereocenters. The molecule has 0 radical (unpaired) electrons. The van der Waals surface area contributed by atoms with Gasteiger partial charge in [0, 0.05) is 6.07 Å². The molecule has 0 saturated carbocycles. The van der Waals surface area contributed by atoms with Gasteiger partial charge in [-0.1, -0.05) is 79.9 Å². The Balaban J connectivity index is 1.78. The molecule has 0 aliphatic carbocycles. The number of hydroxylamine groups is 1. The maximum Gasteiger partial charge on any atom is 0.247 e. The summed E-state index contributed by atoms with van der Waals surface area (Å²) in [4.78, 5) is 13.0. The summed E-state index contributed by atoms with van der Waals surface area (Å²) >= 11 is 0. The number of hydrogen-bond acceptors (Lipinski definition) is 6. The second kappa shape index (κ2) is 16.0. The topological polar surface area (TPSA) is 102 Å². The maximum atomic E-state index is 14.0. The van der Waals surface area contributed by atoms with Gasteiger partial charge in [0.1, 0.15) is 0 Å². The second-order valence-electron chi connectivity index (χ2n) is 10.00. The minimum absolute atomic E-state index is 0.0676. The summed E-state index contributed by atoms with van der Waals surface area (Å²) in [5.41, 5.74) is 4.18. The van der Waals surface area contributed by atoms with Gasteiger partial charge in [-0.2, -0.15) is 0 Å². The van der Waals surface area contributed by atoms with Crippen LogP contribution in [0.3, 0.4) is 0 Å². The Morgan fingerprint density at radius 2 is 1.30 bits per heavy atom. The van der Waals surface area contributed by atoms with Gasteiger partial charge in [-0.15, -0.1) is 0 Å². The highest BCUT2D eigenvalue weighted by atomic mass is 32.2. The molecule has 0 fully saturated rings. The molecule has 3 rings (SSSR count). The number of carbonyl (C=O) groups is 1. The Bertz CT molecular complexity index is 1280. The first-order valence-electron chi connectivity index (χ1n) is 13.9. The van der Waals surface area contributed by atoms with E-state index < -0.39 is 26.9 Å². The lowest BCUT2D eigenvalue weighted by atomic mass is 9.92. The third-order valence-electron chi connectivity index (χ3n) is 7.35. The molecule has 216 valence electrons. The lowest BCUT2D eigenvalue weighted by Crippen LogP contribution is -2.40. The van der Waals surface area contributed by atoms with Gasteiger partial charge in [0.25, 0.3) is 0 Å². The van der Waals surface area contributed by atoms with E-state index in [1.807, 2.05) is 36.4 Å². The average Bonchev–Trinajstić information content (AvgIpc) is 2.99. The smallest absolute Gasteiger partial charge is 0.247 e. The molecule has 3 aromatic carbocycles. The molecule has 3 aromatic rings. The second-order valence-corrected chi connectivity index (χ2v) is 12.2. The third-order valence-corrected chi connectivity index (χ3v) is 9.62. The molecule has 0 aliphatic heterocycles. The standard InChI is InChI=1S/C32H41NO6S/c1-38-29-23-22-27(24-30(29)39-2)40(36,37)31(21-13-12-19-26-16-8-4-9-17-26)28(32(34)33-35)20-11-5-10-18-25-14-6-3-7-15-25/h3-4,6-9,14-17,22-24,28,31,35H,5,10-13,18-21H2,1-2H3,(H,33,34). The Kier molecular flexibility index (Phi) is 12.5. The van der Waals surface area contributed by atoms with Crippen molar-refractivity contribution in [3.63, 3.8) is 0 Å². The molecule has 0 aromatic heterocycles. The Labute approximate surface area is 238 Å². The number of rotatable bonds is 17. The SMILES string of the molecule is COc1ccc(S(=O)(=O)C(CCCCc2ccccc2)C(CCCCCc2ccccc2)C(=O)NO)cc1OC. The molecule has 0 aliphatic rings. The van der Waals surface area contributed by atoms with Crippen molar-refractivity contribution in [2.45, 2.75) is 67.9 Å². The van der Waals surface area contributed by atoms with E-state index in [2.05, 4.69) is 24.3 Å². The zero-order valence-corrected chi connectivity index (χ0v) is 24.2. The summed E-state index contributed by atoms with van der Waals surface area (Å²) in [6.07, 6.45) is 6.26. The lowest BCUT2D eigenvalue weighted by molar-refractivity contribution is -0.133. The van der Waals surface area contributed by atoms with Crippen molar-refractivity contribution in [2.75, 3.05) is 14.2 Å². The predicted molar refractivity (Wildman–Crippen MR) is 157 cm³/mol. The zero-order chi connectivity index (χ0) is 28.8. The van der Waals surface area contributed by atoms with Crippen LogP contribution in [0.2, 0.25) is 0 Å². The van der Waals surface area contributed by atoms with Crippen LogP contribution in [-0.4, -0.2) is 39.0 Å². The van der Waals surface area contributed by atoms with E-state index in [0.29, 0.717) is 37.2 Å². The van der Waals surface area contributed by atoms with Crippen molar-refractivity contribution in [1.82, 2.24) is 5.48 Å². The van der Waals surface area contributed by atoms with Crippen LogP contribution in [-0.2, 0) is 27.5 Å². The van der Waals surface area contributed by atoms with Gasteiger partial charge in [0.05, 0.1) is 30.3 Å². The van der Waals surface area contributed by atoms with E-state index in [4.69, 9.17) is 9.47 Å². The molecule has 0 bridgehead atoms. The number of hydrogen-bond donors (Lipinski definition) is 2. The van der Waals surface area contributed by atoms with E-state index in [1.165, 1.54) is 37.5 Å². The van der Waals surface area contributed by atoms with Crippen molar-refractivity contribution in [2.24, 2.45) is 5.92 Å². The zero-order valence-electron chi connectivity index (χ0n) is 23.4. The number of benzene rings is 3. The van der Waals surface area contributed by atoms with Crippen molar-refractivity contribution in [3.05, 3.63) is 90.0 Å². The first-order chi connectivity index (χ1) is 19.4. The van der Waals surface area contributed by atoms with E-state index in [9.17, 15) is 18.4 Å². The maximum absolute atomic E-state index is 14.0. The molecule has 0 saturated heterocycles. The van der Waals surface area contributed by atoms with Crippen LogP contribution < -0.4 is 15.0 Å². The summed E-state index contributed by atoms with van der Waals surface area (Å²) < 4.78 is 38.7. The molecular weight excluding hydrogens is 526 g/mol. The number of aryl methyl sites for hydroxylation is 2. The van der Waals surface area contributed by atoms with E-state index in [0.717, 1.165) is 32.1 Å².